The minimum atomic E-state index is -0.519. The van der Waals surface area contributed by atoms with E-state index in [1.54, 1.807) is 36.4 Å². The van der Waals surface area contributed by atoms with E-state index in [9.17, 15) is 9.18 Å². The predicted octanol–water partition coefficient (Wildman–Crippen LogP) is 4.03. The molecule has 2 aromatic carbocycles. The van der Waals surface area contributed by atoms with Gasteiger partial charge >= 0.3 is 0 Å². The van der Waals surface area contributed by atoms with Crippen LogP contribution in [-0.4, -0.2) is 9.55 Å². The molecule has 106 valence electrons. The quantitative estimate of drug-likeness (QED) is 0.641. The standard InChI is InChI=1S/C15H9BrClFN2O/c16-10-5-3-6-11(18)14(10)20-13(8-17)19-12-7-2-1-4-9(12)15(20)21/h1-7H,8H2. The molecule has 1 heterocycles. The largest absolute Gasteiger partial charge is 0.268 e. The zero-order chi connectivity index (χ0) is 15.0. The number of nitrogens with zero attached hydrogens (tertiary/aromatic N) is 2. The first-order valence-electron chi connectivity index (χ1n) is 6.14. The van der Waals surface area contributed by atoms with E-state index >= 15 is 0 Å². The van der Waals surface area contributed by atoms with Crippen molar-refractivity contribution in [2.75, 3.05) is 0 Å². The molecule has 0 radical (unpaired) electrons. The molecule has 0 saturated heterocycles. The van der Waals surface area contributed by atoms with E-state index in [2.05, 4.69) is 20.9 Å². The van der Waals surface area contributed by atoms with Crippen molar-refractivity contribution in [1.29, 1.82) is 0 Å². The Morgan fingerprint density at radius 3 is 2.67 bits per heavy atom. The zero-order valence-electron chi connectivity index (χ0n) is 10.7. The molecule has 0 aliphatic rings. The Bertz CT molecular complexity index is 874. The van der Waals surface area contributed by atoms with E-state index in [4.69, 9.17) is 11.6 Å². The van der Waals surface area contributed by atoms with Gasteiger partial charge in [0.1, 0.15) is 17.3 Å². The lowest BCUT2D eigenvalue weighted by Crippen LogP contribution is -2.24. The monoisotopic (exact) mass is 366 g/mol. The highest BCUT2D eigenvalue weighted by Crippen LogP contribution is 2.25. The minimum absolute atomic E-state index is 0.000842. The molecule has 6 heteroatoms. The molecule has 0 atom stereocenters. The number of halogens is 3. The molecule has 0 unspecified atom stereocenters. The molecule has 0 aliphatic carbocycles. The van der Waals surface area contributed by atoms with Gasteiger partial charge in [-0.05, 0) is 40.2 Å². The van der Waals surface area contributed by atoms with Crippen LogP contribution in [0.1, 0.15) is 5.82 Å². The summed E-state index contributed by atoms with van der Waals surface area (Å²) < 4.78 is 15.9. The Kier molecular flexibility index (Phi) is 3.78. The lowest BCUT2D eigenvalue weighted by Gasteiger charge is -2.14. The van der Waals surface area contributed by atoms with Crippen molar-refractivity contribution in [2.24, 2.45) is 0 Å². The summed E-state index contributed by atoms with van der Waals surface area (Å²) in [7, 11) is 0. The first-order chi connectivity index (χ1) is 10.1. The summed E-state index contributed by atoms with van der Waals surface area (Å²) >= 11 is 9.17. The molecule has 3 aromatic rings. The van der Waals surface area contributed by atoms with Crippen molar-refractivity contribution in [1.82, 2.24) is 9.55 Å². The van der Waals surface area contributed by atoms with E-state index in [0.29, 0.717) is 21.2 Å². The Hall–Kier alpha value is -1.72. The molecule has 1 aromatic heterocycles. The maximum absolute atomic E-state index is 14.2. The maximum Gasteiger partial charge on any atom is 0.266 e. The van der Waals surface area contributed by atoms with Crippen LogP contribution in [0.25, 0.3) is 16.6 Å². The number of hydrogen-bond acceptors (Lipinski definition) is 2. The van der Waals surface area contributed by atoms with Gasteiger partial charge in [-0.25, -0.2) is 9.37 Å². The van der Waals surface area contributed by atoms with Gasteiger partial charge in [0.2, 0.25) is 0 Å². The van der Waals surface area contributed by atoms with Crippen LogP contribution in [0.2, 0.25) is 0 Å². The second-order valence-corrected chi connectivity index (χ2v) is 5.51. The first kappa shape index (κ1) is 14.2. The molecule has 0 N–H and O–H groups in total. The average molecular weight is 368 g/mol. The molecule has 0 spiro atoms. The molecule has 0 fully saturated rings. The highest BCUT2D eigenvalue weighted by atomic mass is 79.9. The highest BCUT2D eigenvalue weighted by molar-refractivity contribution is 9.10. The summed E-state index contributed by atoms with van der Waals surface area (Å²) in [5.41, 5.74) is 0.320. The highest BCUT2D eigenvalue weighted by Gasteiger charge is 2.17. The third-order valence-corrected chi connectivity index (χ3v) is 4.00. The number of para-hydroxylation sites is 2. The second kappa shape index (κ2) is 5.58. The van der Waals surface area contributed by atoms with Crippen LogP contribution in [0.5, 0.6) is 0 Å². The van der Waals surface area contributed by atoms with Crippen molar-refractivity contribution in [2.45, 2.75) is 5.88 Å². The number of fused-ring (bicyclic) bond motifs is 1. The van der Waals surface area contributed by atoms with Crippen LogP contribution in [0.15, 0.2) is 51.7 Å². The molecular formula is C15H9BrClFN2O. The van der Waals surface area contributed by atoms with Crippen molar-refractivity contribution in [3.8, 4) is 5.69 Å². The summed E-state index contributed by atoms with van der Waals surface area (Å²) in [6.45, 7) is 0. The summed E-state index contributed by atoms with van der Waals surface area (Å²) in [4.78, 5) is 17.0. The fraction of sp³-hybridized carbons (Fsp3) is 0.0667. The Morgan fingerprint density at radius 1 is 1.19 bits per heavy atom. The topological polar surface area (TPSA) is 34.9 Å². The van der Waals surface area contributed by atoms with Gasteiger partial charge in [0.15, 0.2) is 0 Å². The smallest absolute Gasteiger partial charge is 0.266 e. The lowest BCUT2D eigenvalue weighted by molar-refractivity contribution is 0.611. The SMILES string of the molecule is O=c1c2ccccc2nc(CCl)n1-c1c(F)cccc1Br. The Morgan fingerprint density at radius 2 is 1.95 bits per heavy atom. The first-order valence-corrected chi connectivity index (χ1v) is 7.47. The summed E-state index contributed by atoms with van der Waals surface area (Å²) in [6, 6.07) is 11.4. The predicted molar refractivity (Wildman–Crippen MR) is 84.6 cm³/mol. The van der Waals surface area contributed by atoms with Gasteiger partial charge < -0.3 is 0 Å². The molecule has 0 bridgehead atoms. The summed E-state index contributed by atoms with van der Waals surface area (Å²) in [5.74, 6) is -0.220. The molecular weight excluding hydrogens is 359 g/mol. The number of benzene rings is 2. The fourth-order valence-electron chi connectivity index (χ4n) is 2.20. The van der Waals surface area contributed by atoms with Crippen LogP contribution >= 0.6 is 27.5 Å². The third kappa shape index (κ3) is 2.36. The van der Waals surface area contributed by atoms with Crippen LogP contribution in [0, 0.1) is 5.82 Å². The van der Waals surface area contributed by atoms with E-state index < -0.39 is 5.82 Å². The van der Waals surface area contributed by atoms with Gasteiger partial charge in [-0.3, -0.25) is 9.36 Å². The van der Waals surface area contributed by atoms with Gasteiger partial charge in [-0.15, -0.1) is 11.6 Å². The van der Waals surface area contributed by atoms with Gasteiger partial charge in [0.05, 0.1) is 16.8 Å². The Labute approximate surface area is 133 Å². The lowest BCUT2D eigenvalue weighted by atomic mass is 10.2. The van der Waals surface area contributed by atoms with Crippen molar-refractivity contribution >= 4 is 38.4 Å². The second-order valence-electron chi connectivity index (χ2n) is 4.39. The fourth-order valence-corrected chi connectivity index (χ4v) is 2.90. The number of hydrogen-bond donors (Lipinski definition) is 0. The van der Waals surface area contributed by atoms with Crippen LogP contribution < -0.4 is 5.56 Å². The average Bonchev–Trinajstić information content (AvgIpc) is 2.49. The molecule has 3 rings (SSSR count). The number of rotatable bonds is 2. The summed E-state index contributed by atoms with van der Waals surface area (Å²) in [5, 5.41) is 0.418. The van der Waals surface area contributed by atoms with Crippen molar-refractivity contribution in [3.63, 3.8) is 0 Å². The van der Waals surface area contributed by atoms with Crippen LogP contribution in [0.3, 0.4) is 0 Å². The summed E-state index contributed by atoms with van der Waals surface area (Å²) in [6.07, 6.45) is 0. The van der Waals surface area contributed by atoms with Gasteiger partial charge in [0, 0.05) is 4.47 Å². The van der Waals surface area contributed by atoms with Crippen LogP contribution in [0.4, 0.5) is 4.39 Å². The number of alkyl halides is 1. The normalized spacial score (nSPS) is 11.0. The minimum Gasteiger partial charge on any atom is -0.268 e. The van der Waals surface area contributed by atoms with E-state index in [1.807, 2.05) is 0 Å². The van der Waals surface area contributed by atoms with E-state index in [1.165, 1.54) is 10.6 Å². The van der Waals surface area contributed by atoms with Crippen LogP contribution in [-0.2, 0) is 5.88 Å². The van der Waals surface area contributed by atoms with Gasteiger partial charge in [-0.1, -0.05) is 18.2 Å². The van der Waals surface area contributed by atoms with E-state index in [-0.39, 0.29) is 17.1 Å². The zero-order valence-corrected chi connectivity index (χ0v) is 13.0. The van der Waals surface area contributed by atoms with E-state index in [0.717, 1.165) is 0 Å². The Balaban J connectivity index is 2.47. The third-order valence-electron chi connectivity index (χ3n) is 3.13. The van der Waals surface area contributed by atoms with Crippen molar-refractivity contribution in [3.05, 3.63) is 68.9 Å². The molecule has 0 saturated carbocycles. The molecule has 3 nitrogen and oxygen atoms in total. The molecule has 21 heavy (non-hydrogen) atoms. The molecule has 0 amide bonds. The van der Waals surface area contributed by atoms with Gasteiger partial charge in [-0.2, -0.15) is 0 Å². The maximum atomic E-state index is 14.2. The molecule has 0 aliphatic heterocycles. The number of aromatic nitrogens is 2. The van der Waals surface area contributed by atoms with Crippen molar-refractivity contribution < 1.29 is 4.39 Å². The van der Waals surface area contributed by atoms with Gasteiger partial charge in [0.25, 0.3) is 5.56 Å².